The van der Waals surface area contributed by atoms with Gasteiger partial charge in [0, 0.05) is 37.7 Å². The topological polar surface area (TPSA) is 67.7 Å². The monoisotopic (exact) mass is 370 g/mol. The van der Waals surface area contributed by atoms with Crippen molar-refractivity contribution in [3.8, 4) is 0 Å². The van der Waals surface area contributed by atoms with Crippen LogP contribution >= 0.6 is 0 Å². The summed E-state index contributed by atoms with van der Waals surface area (Å²) in [5.41, 5.74) is 3.44. The normalized spacial score (nSPS) is 14.3. The molecule has 0 saturated carbocycles. The highest BCUT2D eigenvalue weighted by atomic mass is 16.5. The van der Waals surface area contributed by atoms with E-state index >= 15 is 0 Å². The van der Waals surface area contributed by atoms with Gasteiger partial charge in [0.15, 0.2) is 0 Å². The van der Waals surface area contributed by atoms with Gasteiger partial charge in [0.05, 0.1) is 37.6 Å². The van der Waals surface area contributed by atoms with Crippen LogP contribution in [0.5, 0.6) is 0 Å². The average Bonchev–Trinajstić information content (AvgIpc) is 2.97. The molecule has 7 nitrogen and oxygen atoms in total. The molecule has 0 N–H and O–H groups in total. The molecule has 7 heteroatoms. The lowest BCUT2D eigenvalue weighted by Gasteiger charge is -2.28. The third-order valence-electron chi connectivity index (χ3n) is 4.93. The van der Waals surface area contributed by atoms with Gasteiger partial charge in [-0.15, -0.1) is 0 Å². The maximum absolute atomic E-state index is 12.9. The van der Waals surface area contributed by atoms with Crippen LogP contribution < -0.4 is 0 Å². The standard InChI is InChI=1S/C20H26N4O3/c1-15-12-18(16(2)24(15)13-17-6-4-5-7-21-17)20(26)22(3)14-19(25)23-8-10-27-11-9-23/h4-7,12H,8-11,13-14H2,1-3H3. The number of ether oxygens (including phenoxy) is 1. The zero-order valence-electron chi connectivity index (χ0n) is 16.1. The highest BCUT2D eigenvalue weighted by molar-refractivity contribution is 5.97. The number of morpholine rings is 1. The summed E-state index contributed by atoms with van der Waals surface area (Å²) in [7, 11) is 1.67. The first-order valence-corrected chi connectivity index (χ1v) is 9.15. The van der Waals surface area contributed by atoms with Crippen LogP contribution in [0.3, 0.4) is 0 Å². The second-order valence-electron chi connectivity index (χ2n) is 6.85. The summed E-state index contributed by atoms with van der Waals surface area (Å²) in [6.45, 7) is 6.87. The number of hydrogen-bond acceptors (Lipinski definition) is 4. The number of rotatable bonds is 5. The van der Waals surface area contributed by atoms with Gasteiger partial charge < -0.3 is 19.1 Å². The summed E-state index contributed by atoms with van der Waals surface area (Å²) in [6.07, 6.45) is 1.76. The van der Waals surface area contributed by atoms with E-state index < -0.39 is 0 Å². The maximum atomic E-state index is 12.9. The lowest BCUT2D eigenvalue weighted by atomic mass is 10.2. The van der Waals surface area contributed by atoms with Crippen LogP contribution in [0.25, 0.3) is 0 Å². The van der Waals surface area contributed by atoms with E-state index in [-0.39, 0.29) is 18.4 Å². The molecule has 2 amide bonds. The van der Waals surface area contributed by atoms with Crippen molar-refractivity contribution in [2.24, 2.45) is 0 Å². The zero-order valence-corrected chi connectivity index (χ0v) is 16.1. The van der Waals surface area contributed by atoms with Crippen molar-refractivity contribution in [1.82, 2.24) is 19.4 Å². The lowest BCUT2D eigenvalue weighted by Crippen LogP contribution is -2.46. The summed E-state index contributed by atoms with van der Waals surface area (Å²) in [5, 5.41) is 0. The molecule has 0 radical (unpaired) electrons. The van der Waals surface area contributed by atoms with Crippen LogP contribution in [0.2, 0.25) is 0 Å². The van der Waals surface area contributed by atoms with Crippen molar-refractivity contribution in [1.29, 1.82) is 0 Å². The van der Waals surface area contributed by atoms with Crippen LogP contribution in [-0.4, -0.2) is 71.1 Å². The van der Waals surface area contributed by atoms with Crippen molar-refractivity contribution in [3.63, 3.8) is 0 Å². The highest BCUT2D eigenvalue weighted by Crippen LogP contribution is 2.18. The smallest absolute Gasteiger partial charge is 0.255 e. The van der Waals surface area contributed by atoms with E-state index in [1.807, 2.05) is 38.1 Å². The molecule has 1 fully saturated rings. The van der Waals surface area contributed by atoms with Gasteiger partial charge in [-0.25, -0.2) is 0 Å². The van der Waals surface area contributed by atoms with Gasteiger partial charge in [0.1, 0.15) is 0 Å². The fourth-order valence-electron chi connectivity index (χ4n) is 3.31. The summed E-state index contributed by atoms with van der Waals surface area (Å²) in [5.74, 6) is -0.187. The molecule has 3 heterocycles. The third kappa shape index (κ3) is 4.36. The minimum Gasteiger partial charge on any atom is -0.378 e. The minimum absolute atomic E-state index is 0.0450. The molecule has 27 heavy (non-hydrogen) atoms. The number of nitrogens with zero attached hydrogens (tertiary/aromatic N) is 4. The predicted molar refractivity (Wildman–Crippen MR) is 102 cm³/mol. The first-order valence-electron chi connectivity index (χ1n) is 9.15. The first-order chi connectivity index (χ1) is 13.0. The molecule has 2 aromatic rings. The van der Waals surface area contributed by atoms with Crippen LogP contribution in [0.1, 0.15) is 27.4 Å². The van der Waals surface area contributed by atoms with Gasteiger partial charge in [-0.1, -0.05) is 6.07 Å². The molecule has 1 aliphatic heterocycles. The number of carbonyl (C=O) groups is 2. The lowest BCUT2D eigenvalue weighted by molar-refractivity contribution is -0.135. The number of aromatic nitrogens is 2. The fraction of sp³-hybridized carbons (Fsp3) is 0.450. The second-order valence-corrected chi connectivity index (χ2v) is 6.85. The van der Waals surface area contributed by atoms with Crippen LogP contribution in [0.15, 0.2) is 30.5 Å². The van der Waals surface area contributed by atoms with Crippen LogP contribution in [-0.2, 0) is 16.1 Å². The molecule has 0 bridgehead atoms. The Labute approximate surface area is 159 Å². The largest absolute Gasteiger partial charge is 0.378 e. The number of amides is 2. The second kappa shape index (κ2) is 8.35. The molecule has 0 aliphatic carbocycles. The number of pyridine rings is 1. The Morgan fingerprint density at radius 3 is 2.63 bits per heavy atom. The van der Waals surface area contributed by atoms with E-state index in [1.165, 1.54) is 4.90 Å². The van der Waals surface area contributed by atoms with Crippen LogP contribution in [0.4, 0.5) is 0 Å². The highest BCUT2D eigenvalue weighted by Gasteiger charge is 2.23. The van der Waals surface area contributed by atoms with Gasteiger partial charge in [0.2, 0.25) is 5.91 Å². The molecule has 0 aromatic carbocycles. The Morgan fingerprint density at radius 2 is 1.96 bits per heavy atom. The number of likely N-dealkylation sites (N-methyl/N-ethyl adjacent to an activating group) is 1. The summed E-state index contributed by atoms with van der Waals surface area (Å²) >= 11 is 0. The Balaban J connectivity index is 1.70. The number of hydrogen-bond donors (Lipinski definition) is 0. The van der Waals surface area contributed by atoms with Crippen molar-refractivity contribution in [2.75, 3.05) is 39.9 Å². The third-order valence-corrected chi connectivity index (χ3v) is 4.93. The Morgan fingerprint density at radius 1 is 1.22 bits per heavy atom. The summed E-state index contributed by atoms with van der Waals surface area (Å²) < 4.78 is 7.35. The molecule has 3 rings (SSSR count). The van der Waals surface area contributed by atoms with Gasteiger partial charge >= 0.3 is 0 Å². The maximum Gasteiger partial charge on any atom is 0.255 e. The van der Waals surface area contributed by atoms with Gasteiger partial charge in [0.25, 0.3) is 5.91 Å². The van der Waals surface area contributed by atoms with Crippen molar-refractivity contribution >= 4 is 11.8 Å². The quantitative estimate of drug-likeness (QED) is 0.800. The van der Waals surface area contributed by atoms with Crippen LogP contribution in [0, 0.1) is 13.8 Å². The van der Waals surface area contributed by atoms with Crippen molar-refractivity contribution < 1.29 is 14.3 Å². The van der Waals surface area contributed by atoms with E-state index in [2.05, 4.69) is 9.55 Å². The van der Waals surface area contributed by atoms with Crippen molar-refractivity contribution in [3.05, 3.63) is 53.1 Å². The zero-order chi connectivity index (χ0) is 19.4. The Bertz CT molecular complexity index is 810. The Kier molecular flexibility index (Phi) is 5.91. The van der Waals surface area contributed by atoms with E-state index in [0.717, 1.165) is 17.1 Å². The van der Waals surface area contributed by atoms with E-state index in [9.17, 15) is 9.59 Å². The minimum atomic E-state index is -0.142. The molecule has 1 saturated heterocycles. The molecule has 144 valence electrons. The van der Waals surface area contributed by atoms with E-state index in [4.69, 9.17) is 4.74 Å². The summed E-state index contributed by atoms with van der Waals surface area (Å²) in [4.78, 5) is 32.9. The SMILES string of the molecule is Cc1cc(C(=O)N(C)CC(=O)N2CCOCC2)c(C)n1Cc1ccccn1. The van der Waals surface area contributed by atoms with Gasteiger partial charge in [-0.3, -0.25) is 14.6 Å². The number of aryl methyl sites for hydroxylation is 1. The molecular weight excluding hydrogens is 344 g/mol. The van der Waals surface area contributed by atoms with Gasteiger partial charge in [-0.05, 0) is 32.0 Å². The number of carbonyl (C=O) groups excluding carboxylic acids is 2. The molecule has 0 spiro atoms. The Hall–Kier alpha value is -2.67. The molecule has 0 atom stereocenters. The van der Waals surface area contributed by atoms with E-state index in [0.29, 0.717) is 38.4 Å². The van der Waals surface area contributed by atoms with Gasteiger partial charge in [-0.2, -0.15) is 0 Å². The predicted octanol–water partition coefficient (Wildman–Crippen LogP) is 1.48. The molecule has 1 aliphatic rings. The molecule has 0 unspecified atom stereocenters. The fourth-order valence-corrected chi connectivity index (χ4v) is 3.31. The average molecular weight is 370 g/mol. The first kappa shape index (κ1) is 19.1. The molecular formula is C20H26N4O3. The van der Waals surface area contributed by atoms with Crippen molar-refractivity contribution in [2.45, 2.75) is 20.4 Å². The summed E-state index contributed by atoms with van der Waals surface area (Å²) in [6, 6.07) is 7.69. The molecule has 2 aromatic heterocycles. The van der Waals surface area contributed by atoms with E-state index in [1.54, 1.807) is 18.1 Å².